The van der Waals surface area contributed by atoms with Gasteiger partial charge in [0.25, 0.3) is 0 Å². The topological polar surface area (TPSA) is 48.1 Å². The Morgan fingerprint density at radius 1 is 0.857 bits per heavy atom. The first kappa shape index (κ1) is 14.3. The quantitative estimate of drug-likeness (QED) is 0.490. The Labute approximate surface area is 136 Å². The normalized spacial score (nSPS) is 10.8. The highest BCUT2D eigenvalue weighted by molar-refractivity contribution is 6.43. The molecule has 2 aromatic carbocycles. The minimum absolute atomic E-state index is 0.374. The number of hydrogen-bond acceptors (Lipinski definition) is 3. The van der Waals surface area contributed by atoms with E-state index in [9.17, 15) is 0 Å². The highest BCUT2D eigenvalue weighted by Crippen LogP contribution is 2.38. The second-order valence-electron chi connectivity index (χ2n) is 4.38. The van der Waals surface area contributed by atoms with Crippen LogP contribution in [-0.2, 0) is 0 Å². The van der Waals surface area contributed by atoms with E-state index < -0.39 is 0 Å². The van der Waals surface area contributed by atoms with Crippen molar-refractivity contribution in [3.8, 4) is 11.5 Å². The van der Waals surface area contributed by atoms with Crippen LogP contribution in [0.15, 0.2) is 42.6 Å². The lowest BCUT2D eigenvalue weighted by Crippen LogP contribution is -1.90. The molecule has 0 aliphatic carbocycles. The molecule has 0 aliphatic heterocycles. The molecule has 0 fully saturated rings. The number of nitrogen functional groups attached to an aromatic ring is 1. The molecule has 0 aliphatic rings. The molecule has 0 unspecified atom stereocenters. The fourth-order valence-corrected chi connectivity index (χ4v) is 2.50. The highest BCUT2D eigenvalue weighted by atomic mass is 35.5. The number of ether oxygens (including phenoxy) is 1. The molecule has 1 heterocycles. The number of aromatic nitrogens is 1. The van der Waals surface area contributed by atoms with E-state index in [0.29, 0.717) is 32.3 Å². The third-order valence-electron chi connectivity index (χ3n) is 2.92. The van der Waals surface area contributed by atoms with Gasteiger partial charge in [-0.1, -0.05) is 34.8 Å². The van der Waals surface area contributed by atoms with Gasteiger partial charge in [0.1, 0.15) is 11.5 Å². The molecule has 0 amide bonds. The molecule has 3 aromatic rings. The van der Waals surface area contributed by atoms with Crippen LogP contribution in [0.1, 0.15) is 0 Å². The molecular formula is C15H9Cl3N2O. The third-order valence-corrected chi connectivity index (χ3v) is 3.94. The van der Waals surface area contributed by atoms with E-state index in [4.69, 9.17) is 45.3 Å². The zero-order valence-electron chi connectivity index (χ0n) is 10.6. The largest absolute Gasteiger partial charge is 0.455 e. The molecular weight excluding hydrogens is 331 g/mol. The highest BCUT2D eigenvalue weighted by Gasteiger charge is 2.10. The fourth-order valence-electron chi connectivity index (χ4n) is 1.93. The number of nitrogens with two attached hydrogens (primary N) is 1. The summed E-state index contributed by atoms with van der Waals surface area (Å²) in [5.74, 6) is 1.04. The van der Waals surface area contributed by atoms with Crippen molar-refractivity contribution in [1.29, 1.82) is 0 Å². The van der Waals surface area contributed by atoms with Crippen LogP contribution < -0.4 is 10.5 Å². The summed E-state index contributed by atoms with van der Waals surface area (Å²) in [6.07, 6.45) is 1.64. The molecule has 0 radical (unpaired) electrons. The Kier molecular flexibility index (Phi) is 3.81. The summed E-state index contributed by atoms with van der Waals surface area (Å²) < 4.78 is 5.84. The maximum atomic E-state index is 6.12. The lowest BCUT2D eigenvalue weighted by Gasteiger charge is -2.11. The van der Waals surface area contributed by atoms with Crippen molar-refractivity contribution in [2.45, 2.75) is 0 Å². The Bertz CT molecular complexity index is 837. The molecule has 6 heteroatoms. The second kappa shape index (κ2) is 5.60. The predicted molar refractivity (Wildman–Crippen MR) is 87.7 cm³/mol. The first-order valence-corrected chi connectivity index (χ1v) is 7.14. The van der Waals surface area contributed by atoms with Gasteiger partial charge in [-0.05, 0) is 30.3 Å². The molecule has 0 spiro atoms. The van der Waals surface area contributed by atoms with Crippen LogP contribution in [0.4, 0.5) is 5.69 Å². The van der Waals surface area contributed by atoms with Crippen LogP contribution in [0.25, 0.3) is 10.9 Å². The van der Waals surface area contributed by atoms with Crippen LogP contribution in [0, 0.1) is 0 Å². The molecule has 0 saturated carbocycles. The number of hydrogen-bond donors (Lipinski definition) is 1. The van der Waals surface area contributed by atoms with Gasteiger partial charge in [-0.15, -0.1) is 0 Å². The third kappa shape index (κ3) is 2.86. The van der Waals surface area contributed by atoms with Gasteiger partial charge in [0.2, 0.25) is 0 Å². The average Bonchev–Trinajstić information content (AvgIpc) is 2.44. The molecule has 21 heavy (non-hydrogen) atoms. The van der Waals surface area contributed by atoms with E-state index >= 15 is 0 Å². The average molecular weight is 340 g/mol. The van der Waals surface area contributed by atoms with Gasteiger partial charge in [0.15, 0.2) is 0 Å². The number of rotatable bonds is 2. The number of pyridine rings is 1. The van der Waals surface area contributed by atoms with Crippen molar-refractivity contribution in [2.24, 2.45) is 0 Å². The van der Waals surface area contributed by atoms with Crippen molar-refractivity contribution < 1.29 is 4.74 Å². The minimum Gasteiger partial charge on any atom is -0.455 e. The Morgan fingerprint density at radius 2 is 1.62 bits per heavy atom. The van der Waals surface area contributed by atoms with Gasteiger partial charge >= 0.3 is 0 Å². The summed E-state index contributed by atoms with van der Waals surface area (Å²) in [6.45, 7) is 0. The van der Waals surface area contributed by atoms with Crippen molar-refractivity contribution >= 4 is 51.4 Å². The Balaban J connectivity index is 2.08. The number of benzene rings is 2. The lowest BCUT2D eigenvalue weighted by atomic mass is 10.2. The van der Waals surface area contributed by atoms with Crippen LogP contribution in [0.2, 0.25) is 15.1 Å². The van der Waals surface area contributed by atoms with Crippen LogP contribution >= 0.6 is 34.8 Å². The van der Waals surface area contributed by atoms with Crippen molar-refractivity contribution in [1.82, 2.24) is 4.98 Å². The Hall–Kier alpha value is -1.68. The molecule has 0 atom stereocenters. The van der Waals surface area contributed by atoms with E-state index in [-0.39, 0.29) is 0 Å². The van der Waals surface area contributed by atoms with E-state index in [1.165, 1.54) is 0 Å². The smallest absolute Gasteiger partial charge is 0.147 e. The fraction of sp³-hybridized carbons (Fsp3) is 0. The predicted octanol–water partition coefficient (Wildman–Crippen LogP) is 5.57. The van der Waals surface area contributed by atoms with Gasteiger partial charge in [0.05, 0.1) is 20.6 Å². The van der Waals surface area contributed by atoms with Crippen LogP contribution in [0.5, 0.6) is 11.5 Å². The number of fused-ring (bicyclic) bond motifs is 1. The van der Waals surface area contributed by atoms with E-state index in [2.05, 4.69) is 4.98 Å². The van der Waals surface area contributed by atoms with Gasteiger partial charge in [0, 0.05) is 23.3 Å². The minimum atomic E-state index is 0.374. The maximum absolute atomic E-state index is 6.12. The zero-order valence-corrected chi connectivity index (χ0v) is 12.9. The van der Waals surface area contributed by atoms with Gasteiger partial charge in [-0.25, -0.2) is 0 Å². The van der Waals surface area contributed by atoms with Crippen molar-refractivity contribution in [2.75, 3.05) is 5.73 Å². The van der Waals surface area contributed by atoms with Gasteiger partial charge in [-0.3, -0.25) is 4.98 Å². The summed E-state index contributed by atoms with van der Waals surface area (Å²) in [5.41, 5.74) is 7.13. The lowest BCUT2D eigenvalue weighted by molar-refractivity contribution is 0.488. The molecule has 106 valence electrons. The molecule has 0 bridgehead atoms. The SMILES string of the molecule is Nc1ccc2c(Oc3cc(Cl)c(Cl)cc3Cl)ccnc2c1. The molecule has 2 N–H and O–H groups in total. The first-order valence-electron chi connectivity index (χ1n) is 6.01. The first-order chi connectivity index (χ1) is 10.0. The van der Waals surface area contributed by atoms with Crippen LogP contribution in [-0.4, -0.2) is 4.98 Å². The summed E-state index contributed by atoms with van der Waals surface area (Å²) >= 11 is 18.0. The Morgan fingerprint density at radius 3 is 2.43 bits per heavy atom. The standard InChI is InChI=1S/C15H9Cl3N2O/c16-10-6-12(18)15(7-11(10)17)21-14-3-4-20-13-5-8(19)1-2-9(13)14/h1-7H,19H2. The second-order valence-corrected chi connectivity index (χ2v) is 5.61. The molecule has 1 aromatic heterocycles. The zero-order chi connectivity index (χ0) is 15.0. The van der Waals surface area contributed by atoms with Crippen molar-refractivity contribution in [3.63, 3.8) is 0 Å². The number of halogens is 3. The molecule has 3 rings (SSSR count). The molecule has 0 saturated heterocycles. The van der Waals surface area contributed by atoms with Crippen molar-refractivity contribution in [3.05, 3.63) is 57.7 Å². The summed E-state index contributed by atoms with van der Waals surface area (Å²) in [5, 5.41) is 1.96. The molecule has 3 nitrogen and oxygen atoms in total. The summed E-state index contributed by atoms with van der Waals surface area (Å²) in [4.78, 5) is 4.26. The van der Waals surface area contributed by atoms with Gasteiger partial charge in [-0.2, -0.15) is 0 Å². The van der Waals surface area contributed by atoms with Crippen LogP contribution in [0.3, 0.4) is 0 Å². The summed E-state index contributed by atoms with van der Waals surface area (Å²) in [6, 6.07) is 10.3. The van der Waals surface area contributed by atoms with Gasteiger partial charge < -0.3 is 10.5 Å². The maximum Gasteiger partial charge on any atom is 0.147 e. The van der Waals surface area contributed by atoms with E-state index in [1.54, 1.807) is 36.5 Å². The number of nitrogens with zero attached hydrogens (tertiary/aromatic N) is 1. The monoisotopic (exact) mass is 338 g/mol. The van der Waals surface area contributed by atoms with E-state index in [1.807, 2.05) is 6.07 Å². The van der Waals surface area contributed by atoms with E-state index in [0.717, 1.165) is 10.9 Å². The summed E-state index contributed by atoms with van der Waals surface area (Å²) in [7, 11) is 0. The number of anilines is 1.